The van der Waals surface area contributed by atoms with E-state index in [4.69, 9.17) is 9.37 Å². The minimum absolute atomic E-state index is 0.130. The lowest BCUT2D eigenvalue weighted by Crippen LogP contribution is -2.48. The molecule has 0 spiro atoms. The van der Waals surface area contributed by atoms with Gasteiger partial charge in [-0.15, -0.1) is 0 Å². The number of carbonyl (C=O) groups is 2. The first-order chi connectivity index (χ1) is 16.6. The maximum atomic E-state index is 13.3. The van der Waals surface area contributed by atoms with E-state index in [0.717, 1.165) is 37.0 Å². The van der Waals surface area contributed by atoms with Crippen LogP contribution in [0.15, 0.2) is 53.4 Å². The summed E-state index contributed by atoms with van der Waals surface area (Å²) >= 11 is 0. The molecule has 1 N–H and O–H groups in total. The molecule has 2 aromatic heterocycles. The fourth-order valence-corrected chi connectivity index (χ4v) is 4.01. The molecule has 0 bridgehead atoms. The van der Waals surface area contributed by atoms with Gasteiger partial charge in [0.1, 0.15) is 17.5 Å². The summed E-state index contributed by atoms with van der Waals surface area (Å²) in [6, 6.07) is 11.0. The summed E-state index contributed by atoms with van der Waals surface area (Å²) in [4.78, 5) is 31.7. The number of aromatic nitrogens is 3. The Morgan fingerprint density at radius 1 is 1.18 bits per heavy atom. The van der Waals surface area contributed by atoms with Gasteiger partial charge in [0.2, 0.25) is 5.91 Å². The fourth-order valence-electron chi connectivity index (χ4n) is 4.01. The lowest BCUT2D eigenvalue weighted by molar-refractivity contribution is -0.125. The molecule has 0 unspecified atom stereocenters. The molecule has 9 heteroatoms. The number of aryl methyl sites for hydroxylation is 2. The number of benzene rings is 1. The third-order valence-corrected chi connectivity index (χ3v) is 5.88. The minimum Gasteiger partial charge on any atom is -0.494 e. The van der Waals surface area contributed by atoms with Gasteiger partial charge in [0.05, 0.1) is 6.61 Å². The van der Waals surface area contributed by atoms with Gasteiger partial charge in [0, 0.05) is 25.5 Å². The average molecular weight is 464 g/mol. The normalized spacial score (nSPS) is 15.9. The van der Waals surface area contributed by atoms with Crippen LogP contribution in [0.4, 0.5) is 0 Å². The topological polar surface area (TPSA) is 110 Å². The molecule has 4 rings (SSSR count). The standard InChI is InChI=1S/C25H29N5O4/c1-18-23(29-34-28-18)25(32)30(22-8-2-3-14-27-24(22)31)17-20-9-11-21(12-10-20)33-15-5-7-19-6-4-13-26-16-19/h4,6,9-13,16,22H,2-3,5,7-8,14-15,17H2,1H3,(H,27,31)/t22-/m0/s1. The summed E-state index contributed by atoms with van der Waals surface area (Å²) in [6.45, 7) is 3.15. The van der Waals surface area contributed by atoms with E-state index in [1.807, 2.05) is 36.5 Å². The first-order valence-electron chi connectivity index (χ1n) is 11.6. The molecule has 178 valence electrons. The molecule has 0 saturated carbocycles. The first-order valence-corrected chi connectivity index (χ1v) is 11.6. The van der Waals surface area contributed by atoms with Crippen LogP contribution in [0.3, 0.4) is 0 Å². The highest BCUT2D eigenvalue weighted by atomic mass is 16.6. The van der Waals surface area contributed by atoms with Crippen LogP contribution in [0, 0.1) is 6.92 Å². The first kappa shape index (κ1) is 23.4. The van der Waals surface area contributed by atoms with E-state index in [9.17, 15) is 9.59 Å². The summed E-state index contributed by atoms with van der Waals surface area (Å²) in [6.07, 6.45) is 7.77. The molecule has 0 aliphatic carbocycles. The number of nitrogens with zero attached hydrogens (tertiary/aromatic N) is 4. The SMILES string of the molecule is Cc1nonc1C(=O)N(Cc1ccc(OCCCc2cccnc2)cc1)[C@H]1CCCCNC1=O. The second kappa shape index (κ2) is 11.4. The highest BCUT2D eigenvalue weighted by Crippen LogP contribution is 2.21. The van der Waals surface area contributed by atoms with E-state index in [0.29, 0.717) is 25.3 Å². The lowest BCUT2D eigenvalue weighted by atomic mass is 10.1. The van der Waals surface area contributed by atoms with Crippen LogP contribution < -0.4 is 10.1 Å². The summed E-state index contributed by atoms with van der Waals surface area (Å²) in [5.41, 5.74) is 2.61. The van der Waals surface area contributed by atoms with Crippen molar-refractivity contribution in [2.45, 2.75) is 51.6 Å². The van der Waals surface area contributed by atoms with Crippen molar-refractivity contribution < 1.29 is 19.0 Å². The van der Waals surface area contributed by atoms with Crippen molar-refractivity contribution in [3.63, 3.8) is 0 Å². The molecule has 3 heterocycles. The van der Waals surface area contributed by atoms with Crippen LogP contribution in [0.25, 0.3) is 0 Å². The van der Waals surface area contributed by atoms with E-state index in [2.05, 4.69) is 26.7 Å². The summed E-state index contributed by atoms with van der Waals surface area (Å²) in [5.74, 6) is 0.252. The Labute approximate surface area is 198 Å². The van der Waals surface area contributed by atoms with E-state index in [-0.39, 0.29) is 24.1 Å². The highest BCUT2D eigenvalue weighted by molar-refractivity contribution is 5.96. The van der Waals surface area contributed by atoms with E-state index >= 15 is 0 Å². The van der Waals surface area contributed by atoms with E-state index in [1.54, 1.807) is 18.0 Å². The predicted octanol–water partition coefficient (Wildman–Crippen LogP) is 3.10. The van der Waals surface area contributed by atoms with Crippen LogP contribution in [0.2, 0.25) is 0 Å². The number of rotatable bonds is 9. The zero-order valence-electron chi connectivity index (χ0n) is 19.3. The molecule has 9 nitrogen and oxygen atoms in total. The molecule has 1 aliphatic rings. The zero-order valence-corrected chi connectivity index (χ0v) is 19.3. The molecule has 34 heavy (non-hydrogen) atoms. The van der Waals surface area contributed by atoms with Gasteiger partial charge in [-0.3, -0.25) is 14.6 Å². The molecule has 0 radical (unpaired) electrons. The Bertz CT molecular complexity index is 1080. The largest absolute Gasteiger partial charge is 0.494 e. The molecule has 1 fully saturated rings. The summed E-state index contributed by atoms with van der Waals surface area (Å²) < 4.78 is 10.6. The van der Waals surface area contributed by atoms with Crippen molar-refractivity contribution in [2.75, 3.05) is 13.2 Å². The molecule has 2 amide bonds. The van der Waals surface area contributed by atoms with Crippen molar-refractivity contribution >= 4 is 11.8 Å². The quantitative estimate of drug-likeness (QED) is 0.486. The minimum atomic E-state index is -0.575. The maximum absolute atomic E-state index is 13.3. The number of hydrogen-bond donors (Lipinski definition) is 1. The van der Waals surface area contributed by atoms with Crippen LogP contribution >= 0.6 is 0 Å². The second-order valence-electron chi connectivity index (χ2n) is 8.39. The van der Waals surface area contributed by atoms with Crippen LogP contribution in [0.5, 0.6) is 5.75 Å². The fraction of sp³-hybridized carbons (Fsp3) is 0.400. The van der Waals surface area contributed by atoms with Gasteiger partial charge in [0.15, 0.2) is 5.69 Å². The lowest BCUT2D eigenvalue weighted by Gasteiger charge is -2.29. The third-order valence-electron chi connectivity index (χ3n) is 5.88. The molecule has 3 aromatic rings. The number of carbonyl (C=O) groups excluding carboxylic acids is 2. The van der Waals surface area contributed by atoms with Crippen molar-refractivity contribution in [1.82, 2.24) is 25.5 Å². The highest BCUT2D eigenvalue weighted by Gasteiger charge is 2.33. The number of pyridine rings is 1. The molecule has 1 aromatic carbocycles. The van der Waals surface area contributed by atoms with Gasteiger partial charge in [-0.1, -0.05) is 23.4 Å². The van der Waals surface area contributed by atoms with Gasteiger partial charge in [-0.25, -0.2) is 4.63 Å². The van der Waals surface area contributed by atoms with Crippen LogP contribution in [0.1, 0.15) is 53.0 Å². The zero-order chi connectivity index (χ0) is 23.8. The van der Waals surface area contributed by atoms with Crippen molar-refractivity contribution in [3.05, 3.63) is 71.3 Å². The molecule has 1 saturated heterocycles. The number of hydrogen-bond acceptors (Lipinski definition) is 7. The molecular weight excluding hydrogens is 434 g/mol. The Morgan fingerprint density at radius 3 is 2.76 bits per heavy atom. The van der Waals surface area contributed by atoms with Gasteiger partial charge in [-0.2, -0.15) is 0 Å². The second-order valence-corrected chi connectivity index (χ2v) is 8.39. The Kier molecular flexibility index (Phi) is 7.85. The molecular formula is C25H29N5O4. The smallest absolute Gasteiger partial charge is 0.279 e. The predicted molar refractivity (Wildman–Crippen MR) is 124 cm³/mol. The van der Waals surface area contributed by atoms with Crippen molar-refractivity contribution in [2.24, 2.45) is 0 Å². The van der Waals surface area contributed by atoms with Crippen LogP contribution in [-0.4, -0.2) is 51.2 Å². The number of nitrogens with one attached hydrogen (secondary N) is 1. The van der Waals surface area contributed by atoms with Crippen LogP contribution in [-0.2, 0) is 17.8 Å². The van der Waals surface area contributed by atoms with Gasteiger partial charge < -0.3 is 15.0 Å². The number of amides is 2. The third kappa shape index (κ3) is 5.98. The van der Waals surface area contributed by atoms with Gasteiger partial charge in [0.25, 0.3) is 5.91 Å². The maximum Gasteiger partial charge on any atom is 0.279 e. The van der Waals surface area contributed by atoms with Gasteiger partial charge >= 0.3 is 0 Å². The van der Waals surface area contributed by atoms with E-state index < -0.39 is 6.04 Å². The monoisotopic (exact) mass is 463 g/mol. The Morgan fingerprint density at radius 2 is 2.03 bits per heavy atom. The Balaban J connectivity index is 1.40. The van der Waals surface area contributed by atoms with Crippen molar-refractivity contribution in [3.8, 4) is 5.75 Å². The average Bonchev–Trinajstić information content (AvgIpc) is 3.18. The molecule has 1 atom stereocenters. The Hall–Kier alpha value is -3.75. The summed E-state index contributed by atoms with van der Waals surface area (Å²) in [7, 11) is 0. The van der Waals surface area contributed by atoms with E-state index in [1.165, 1.54) is 5.56 Å². The summed E-state index contributed by atoms with van der Waals surface area (Å²) in [5, 5.41) is 10.4. The molecule has 1 aliphatic heterocycles. The van der Waals surface area contributed by atoms with Crippen molar-refractivity contribution in [1.29, 1.82) is 0 Å². The number of ether oxygens (including phenoxy) is 1. The van der Waals surface area contributed by atoms with Gasteiger partial charge in [-0.05, 0) is 73.5 Å².